The summed E-state index contributed by atoms with van der Waals surface area (Å²) in [6.45, 7) is 8.36. The third-order valence-electron chi connectivity index (χ3n) is 3.34. The highest BCUT2D eigenvalue weighted by Crippen LogP contribution is 2.40. The molecule has 0 unspecified atom stereocenters. The van der Waals surface area contributed by atoms with Crippen LogP contribution in [0.1, 0.15) is 32.3 Å². The van der Waals surface area contributed by atoms with Crippen molar-refractivity contribution in [1.29, 1.82) is 0 Å². The van der Waals surface area contributed by atoms with E-state index in [4.69, 9.17) is 0 Å². The lowest BCUT2D eigenvalue weighted by molar-refractivity contribution is 0.157. The highest BCUT2D eigenvalue weighted by atomic mass is 15.3. The minimum absolute atomic E-state index is 0.915. The van der Waals surface area contributed by atoms with E-state index in [2.05, 4.69) is 14.9 Å². The summed E-state index contributed by atoms with van der Waals surface area (Å²) >= 11 is 0. The van der Waals surface area contributed by atoms with Gasteiger partial charge in [0.2, 0.25) is 5.95 Å². The van der Waals surface area contributed by atoms with Crippen LogP contribution in [-0.2, 0) is 0 Å². The Morgan fingerprint density at radius 1 is 1.06 bits per heavy atom. The molecule has 16 heavy (non-hydrogen) atoms. The summed E-state index contributed by atoms with van der Waals surface area (Å²) in [5.41, 5.74) is 1.14. The first-order chi connectivity index (χ1) is 7.81. The predicted octanol–water partition coefficient (Wildman–Crippen LogP) is 2.66. The van der Waals surface area contributed by atoms with E-state index in [0.29, 0.717) is 0 Å². The molecule has 1 aliphatic carbocycles. The van der Waals surface area contributed by atoms with Crippen LogP contribution in [-0.4, -0.2) is 23.1 Å². The molecule has 2 saturated heterocycles. The van der Waals surface area contributed by atoms with Gasteiger partial charge in [-0.3, -0.25) is 0 Å². The number of hydrogen-bond donors (Lipinski definition) is 0. The number of hydrogen-bond acceptors (Lipinski definition) is 3. The fourth-order valence-corrected chi connectivity index (χ4v) is 2.58. The molecule has 0 radical (unpaired) electrons. The molecule has 0 aromatic carbocycles. The van der Waals surface area contributed by atoms with Crippen molar-refractivity contribution in [3.8, 4) is 0 Å². The summed E-state index contributed by atoms with van der Waals surface area (Å²) in [5.74, 6) is 2.75. The molecule has 1 aromatic rings. The van der Waals surface area contributed by atoms with E-state index in [-0.39, 0.29) is 0 Å². The highest BCUT2D eigenvalue weighted by Gasteiger charge is 2.37. The van der Waals surface area contributed by atoms with Crippen molar-refractivity contribution in [2.75, 3.05) is 18.0 Å². The summed E-state index contributed by atoms with van der Waals surface area (Å²) in [6.07, 6.45) is 6.68. The molecule has 4 rings (SSSR count). The number of nitrogens with zero attached hydrogens (tertiary/aromatic N) is 3. The molecule has 3 aliphatic rings. The lowest BCUT2D eigenvalue weighted by Crippen LogP contribution is -2.49. The Balaban J connectivity index is 0.000000457. The summed E-state index contributed by atoms with van der Waals surface area (Å²) in [6, 6.07) is 0. The Bertz CT molecular complexity index is 318. The van der Waals surface area contributed by atoms with Gasteiger partial charge < -0.3 is 4.90 Å². The van der Waals surface area contributed by atoms with Crippen molar-refractivity contribution in [3.63, 3.8) is 0 Å². The number of anilines is 1. The van der Waals surface area contributed by atoms with E-state index < -0.39 is 0 Å². The van der Waals surface area contributed by atoms with Crippen LogP contribution in [0.4, 0.5) is 5.95 Å². The zero-order valence-corrected chi connectivity index (χ0v) is 10.5. The largest absolute Gasteiger partial charge is 0.340 e. The fourth-order valence-electron chi connectivity index (χ4n) is 2.58. The van der Waals surface area contributed by atoms with Crippen LogP contribution >= 0.6 is 0 Å². The first-order valence-corrected chi connectivity index (χ1v) is 6.35. The molecule has 88 valence electrons. The summed E-state index contributed by atoms with van der Waals surface area (Å²) in [4.78, 5) is 11.1. The lowest BCUT2D eigenvalue weighted by Gasteiger charge is -2.47. The van der Waals surface area contributed by atoms with Gasteiger partial charge in [0.25, 0.3) is 0 Å². The standard InChI is InChI=1S/C11H15N3.C2H6/c1-8-4-12-11(13-5-8)14-6-9-2-10(3-9)7-14;1-2/h4-5,9-10H,2-3,6-7H2,1H3;1-2H3. The third-order valence-corrected chi connectivity index (χ3v) is 3.34. The molecule has 1 aromatic heterocycles. The average Bonchev–Trinajstić information content (AvgIpc) is 2.32. The second kappa shape index (κ2) is 4.81. The predicted molar refractivity (Wildman–Crippen MR) is 66.5 cm³/mol. The maximum absolute atomic E-state index is 4.37. The Morgan fingerprint density at radius 3 is 2.06 bits per heavy atom. The van der Waals surface area contributed by atoms with Crippen LogP contribution < -0.4 is 4.90 Å². The van der Waals surface area contributed by atoms with Crippen molar-refractivity contribution < 1.29 is 0 Å². The van der Waals surface area contributed by atoms with Crippen LogP contribution in [0.15, 0.2) is 12.4 Å². The van der Waals surface area contributed by atoms with E-state index in [1.54, 1.807) is 0 Å². The van der Waals surface area contributed by atoms with E-state index in [0.717, 1.165) is 23.3 Å². The van der Waals surface area contributed by atoms with E-state index >= 15 is 0 Å². The van der Waals surface area contributed by atoms with Crippen LogP contribution in [0, 0.1) is 18.8 Å². The zero-order chi connectivity index (χ0) is 11.5. The molecule has 3 heterocycles. The van der Waals surface area contributed by atoms with Gasteiger partial charge in [0, 0.05) is 25.5 Å². The number of piperidine rings is 2. The van der Waals surface area contributed by atoms with Gasteiger partial charge in [-0.25, -0.2) is 9.97 Å². The number of aryl methyl sites for hydroxylation is 1. The van der Waals surface area contributed by atoms with Crippen LogP contribution in [0.5, 0.6) is 0 Å². The van der Waals surface area contributed by atoms with Gasteiger partial charge in [-0.1, -0.05) is 13.8 Å². The number of aromatic nitrogens is 2. The second-order valence-corrected chi connectivity index (χ2v) is 4.67. The number of rotatable bonds is 1. The molecule has 3 nitrogen and oxygen atoms in total. The maximum atomic E-state index is 4.37. The van der Waals surface area contributed by atoms with Gasteiger partial charge in [0.05, 0.1) is 0 Å². The second-order valence-electron chi connectivity index (χ2n) is 4.67. The molecule has 2 bridgehead atoms. The first-order valence-electron chi connectivity index (χ1n) is 6.35. The van der Waals surface area contributed by atoms with E-state index in [1.807, 2.05) is 33.2 Å². The molecular formula is C13H21N3. The molecule has 2 aliphatic heterocycles. The molecule has 0 spiro atoms. The van der Waals surface area contributed by atoms with Crippen LogP contribution in [0.2, 0.25) is 0 Å². The monoisotopic (exact) mass is 219 g/mol. The van der Waals surface area contributed by atoms with Crippen molar-refractivity contribution in [2.45, 2.75) is 33.6 Å². The number of fused-ring (bicyclic) bond motifs is 2. The molecule has 0 atom stereocenters. The van der Waals surface area contributed by atoms with Gasteiger partial charge in [-0.15, -0.1) is 0 Å². The Morgan fingerprint density at radius 2 is 1.56 bits per heavy atom. The topological polar surface area (TPSA) is 29.0 Å². The summed E-state index contributed by atoms with van der Waals surface area (Å²) < 4.78 is 0. The summed E-state index contributed by atoms with van der Waals surface area (Å²) in [5, 5.41) is 0. The molecule has 3 heteroatoms. The SMILES string of the molecule is CC.Cc1cnc(N2CC3CC(C3)C2)nc1. The Kier molecular flexibility index (Phi) is 3.42. The first kappa shape index (κ1) is 11.4. The molecular weight excluding hydrogens is 198 g/mol. The van der Waals surface area contributed by atoms with Crippen molar-refractivity contribution >= 4 is 5.95 Å². The van der Waals surface area contributed by atoms with E-state index in [1.165, 1.54) is 25.9 Å². The van der Waals surface area contributed by atoms with Crippen molar-refractivity contribution in [2.24, 2.45) is 11.8 Å². The molecule has 0 amide bonds. The van der Waals surface area contributed by atoms with Gasteiger partial charge >= 0.3 is 0 Å². The fraction of sp³-hybridized carbons (Fsp3) is 0.692. The van der Waals surface area contributed by atoms with Gasteiger partial charge in [0.1, 0.15) is 0 Å². The Hall–Kier alpha value is -1.12. The minimum atomic E-state index is 0.915. The Labute approximate surface area is 97.9 Å². The summed E-state index contributed by atoms with van der Waals surface area (Å²) in [7, 11) is 0. The van der Waals surface area contributed by atoms with Gasteiger partial charge in [-0.05, 0) is 37.2 Å². The normalized spacial score (nSPS) is 26.6. The minimum Gasteiger partial charge on any atom is -0.340 e. The van der Waals surface area contributed by atoms with Crippen molar-refractivity contribution in [1.82, 2.24) is 9.97 Å². The molecule has 3 fully saturated rings. The molecule has 0 N–H and O–H groups in total. The van der Waals surface area contributed by atoms with Crippen molar-refractivity contribution in [3.05, 3.63) is 18.0 Å². The average molecular weight is 219 g/mol. The highest BCUT2D eigenvalue weighted by molar-refractivity contribution is 5.32. The molecule has 1 saturated carbocycles. The van der Waals surface area contributed by atoms with Crippen LogP contribution in [0.25, 0.3) is 0 Å². The van der Waals surface area contributed by atoms with Crippen LogP contribution in [0.3, 0.4) is 0 Å². The maximum Gasteiger partial charge on any atom is 0.225 e. The zero-order valence-electron chi connectivity index (χ0n) is 10.5. The lowest BCUT2D eigenvalue weighted by atomic mass is 9.71. The van der Waals surface area contributed by atoms with E-state index in [9.17, 15) is 0 Å². The third kappa shape index (κ3) is 2.18. The van der Waals surface area contributed by atoms with Gasteiger partial charge in [-0.2, -0.15) is 0 Å². The van der Waals surface area contributed by atoms with Gasteiger partial charge in [0.15, 0.2) is 0 Å². The quantitative estimate of drug-likeness (QED) is 0.727. The smallest absolute Gasteiger partial charge is 0.225 e.